The molecule has 0 radical (unpaired) electrons. The minimum atomic E-state index is -3.62. The minimum absolute atomic E-state index is 0.121. The van der Waals surface area contributed by atoms with E-state index in [2.05, 4.69) is 12.2 Å². The van der Waals surface area contributed by atoms with Crippen LogP contribution in [-0.2, 0) is 14.3 Å². The quantitative estimate of drug-likeness (QED) is 0.629. The molecule has 0 unspecified atom stereocenters. The summed E-state index contributed by atoms with van der Waals surface area (Å²) in [5.41, 5.74) is 1.18. The van der Waals surface area contributed by atoms with Gasteiger partial charge in [0.1, 0.15) is 0 Å². The molecule has 3 aliphatic carbocycles. The molecule has 2 saturated carbocycles. The van der Waals surface area contributed by atoms with Crippen LogP contribution in [0.25, 0.3) is 0 Å². The van der Waals surface area contributed by atoms with Gasteiger partial charge in [-0.2, -0.15) is 8.42 Å². The van der Waals surface area contributed by atoms with Gasteiger partial charge in [-0.3, -0.25) is 4.18 Å². The van der Waals surface area contributed by atoms with Crippen LogP contribution in [0.3, 0.4) is 0 Å². The number of benzene rings is 1. The maximum absolute atomic E-state index is 12.3. The summed E-state index contributed by atoms with van der Waals surface area (Å²) >= 11 is 0. The first-order chi connectivity index (χ1) is 9.02. The highest BCUT2D eigenvalue weighted by molar-refractivity contribution is 7.86. The molecular weight excluding hydrogens is 260 g/mol. The van der Waals surface area contributed by atoms with E-state index in [1.165, 1.54) is 0 Å². The first kappa shape index (κ1) is 11.7. The third kappa shape index (κ3) is 1.50. The number of rotatable bonds is 3. The lowest BCUT2D eigenvalue weighted by Crippen LogP contribution is -2.45. The van der Waals surface area contributed by atoms with Gasteiger partial charge in [0, 0.05) is 5.41 Å². The summed E-state index contributed by atoms with van der Waals surface area (Å²) in [6, 6.07) is 6.84. The first-order valence-corrected chi connectivity index (χ1v) is 8.11. The lowest BCUT2D eigenvalue weighted by atomic mass is 9.69. The van der Waals surface area contributed by atoms with E-state index >= 15 is 0 Å². The van der Waals surface area contributed by atoms with E-state index in [-0.39, 0.29) is 16.4 Å². The second kappa shape index (κ2) is 3.49. The van der Waals surface area contributed by atoms with Crippen LogP contribution in [0.2, 0.25) is 0 Å². The molecule has 0 aliphatic heterocycles. The Bertz CT molecular complexity index is 659. The number of hydrogen-bond donors (Lipinski definition) is 0. The van der Waals surface area contributed by atoms with Gasteiger partial charge in [0.05, 0.1) is 11.0 Å². The molecule has 0 heterocycles. The van der Waals surface area contributed by atoms with E-state index in [1.807, 2.05) is 6.92 Å². The van der Waals surface area contributed by atoms with Crippen LogP contribution >= 0.6 is 0 Å². The van der Waals surface area contributed by atoms with E-state index in [4.69, 9.17) is 4.18 Å². The van der Waals surface area contributed by atoms with Gasteiger partial charge in [0.25, 0.3) is 10.1 Å². The maximum atomic E-state index is 12.3. The van der Waals surface area contributed by atoms with Gasteiger partial charge in [-0.05, 0) is 43.7 Å². The molecule has 1 aromatic rings. The van der Waals surface area contributed by atoms with E-state index in [0.717, 1.165) is 18.4 Å². The zero-order valence-electron chi connectivity index (χ0n) is 10.7. The Morgan fingerprint density at radius 1 is 1.16 bits per heavy atom. The standard InChI is InChI=1S/C15H16O3S/c1-10-2-6-13(7-3-10)19(16,17)18-14-8-11-4-5-12-9-15(11,12)14/h2-7,11-12,14H,8-9H2,1H3/t11-,12-,14+,15+/m0/s1. The van der Waals surface area contributed by atoms with Crippen LogP contribution in [0.4, 0.5) is 0 Å². The molecule has 100 valence electrons. The third-order valence-corrected chi connectivity index (χ3v) is 6.32. The fourth-order valence-electron chi connectivity index (χ4n) is 3.68. The van der Waals surface area contributed by atoms with Crippen molar-refractivity contribution in [1.29, 1.82) is 0 Å². The fraction of sp³-hybridized carbons (Fsp3) is 0.467. The van der Waals surface area contributed by atoms with Crippen molar-refractivity contribution in [3.8, 4) is 0 Å². The highest BCUT2D eigenvalue weighted by Crippen LogP contribution is 2.74. The van der Waals surface area contributed by atoms with Crippen LogP contribution in [0.1, 0.15) is 18.4 Å². The number of allylic oxidation sites excluding steroid dienone is 2. The zero-order valence-corrected chi connectivity index (χ0v) is 11.6. The summed E-state index contributed by atoms with van der Waals surface area (Å²) < 4.78 is 30.0. The summed E-state index contributed by atoms with van der Waals surface area (Å²) in [4.78, 5) is 0.265. The third-order valence-electron chi connectivity index (χ3n) is 4.99. The number of hydrogen-bond acceptors (Lipinski definition) is 3. The Labute approximate surface area is 113 Å². The normalized spacial score (nSPS) is 38.5. The molecule has 1 aromatic carbocycles. The smallest absolute Gasteiger partial charge is 0.262 e. The molecule has 4 rings (SSSR count). The highest BCUT2D eigenvalue weighted by Gasteiger charge is 2.72. The molecule has 4 heteroatoms. The van der Waals surface area contributed by atoms with Gasteiger partial charge >= 0.3 is 0 Å². The van der Waals surface area contributed by atoms with Crippen LogP contribution in [0, 0.1) is 24.2 Å². The van der Waals surface area contributed by atoms with Crippen molar-refractivity contribution in [1.82, 2.24) is 0 Å². The van der Waals surface area contributed by atoms with Crippen LogP contribution in [-0.4, -0.2) is 14.5 Å². The van der Waals surface area contributed by atoms with Crippen molar-refractivity contribution >= 4 is 10.1 Å². The second-order valence-electron chi connectivity index (χ2n) is 6.00. The topological polar surface area (TPSA) is 43.4 Å². The van der Waals surface area contributed by atoms with Crippen molar-refractivity contribution < 1.29 is 12.6 Å². The molecule has 19 heavy (non-hydrogen) atoms. The molecule has 0 amide bonds. The van der Waals surface area contributed by atoms with E-state index in [9.17, 15) is 8.42 Å². The van der Waals surface area contributed by atoms with Crippen LogP contribution in [0.15, 0.2) is 41.3 Å². The molecule has 0 saturated heterocycles. The summed E-state index contributed by atoms with van der Waals surface area (Å²) in [5, 5.41) is 0. The average molecular weight is 276 g/mol. The van der Waals surface area contributed by atoms with Gasteiger partial charge < -0.3 is 0 Å². The molecule has 1 spiro atoms. The van der Waals surface area contributed by atoms with Gasteiger partial charge in [-0.25, -0.2) is 0 Å². The van der Waals surface area contributed by atoms with Crippen LogP contribution < -0.4 is 0 Å². The van der Waals surface area contributed by atoms with E-state index in [1.54, 1.807) is 24.3 Å². The summed E-state index contributed by atoms with van der Waals surface area (Å²) in [7, 11) is -3.62. The molecule has 0 aromatic heterocycles. The lowest BCUT2D eigenvalue weighted by Gasteiger charge is -2.42. The average Bonchev–Trinajstić information content (AvgIpc) is 3.05. The lowest BCUT2D eigenvalue weighted by molar-refractivity contribution is -0.00802. The summed E-state index contributed by atoms with van der Waals surface area (Å²) in [6.45, 7) is 1.94. The fourth-order valence-corrected chi connectivity index (χ4v) is 4.83. The van der Waals surface area contributed by atoms with Crippen LogP contribution in [0.5, 0.6) is 0 Å². The van der Waals surface area contributed by atoms with Gasteiger partial charge in [0.15, 0.2) is 0 Å². The van der Waals surface area contributed by atoms with E-state index < -0.39 is 10.1 Å². The van der Waals surface area contributed by atoms with Crippen molar-refractivity contribution in [2.45, 2.75) is 30.8 Å². The highest BCUT2D eigenvalue weighted by atomic mass is 32.2. The Morgan fingerprint density at radius 3 is 2.47 bits per heavy atom. The zero-order chi connectivity index (χ0) is 13.3. The van der Waals surface area contributed by atoms with Crippen molar-refractivity contribution in [2.24, 2.45) is 17.3 Å². The predicted octanol–water partition coefficient (Wildman–Crippen LogP) is 2.66. The Balaban J connectivity index is 1.56. The number of aryl methyl sites for hydroxylation is 1. The Kier molecular flexibility index (Phi) is 2.15. The molecular formula is C15H16O3S. The molecule has 3 aliphatic rings. The Morgan fingerprint density at radius 2 is 1.84 bits per heavy atom. The van der Waals surface area contributed by atoms with E-state index in [0.29, 0.717) is 11.8 Å². The maximum Gasteiger partial charge on any atom is 0.297 e. The Hall–Kier alpha value is -1.13. The van der Waals surface area contributed by atoms with Gasteiger partial charge in [-0.15, -0.1) is 0 Å². The molecule has 3 nitrogen and oxygen atoms in total. The molecule has 2 fully saturated rings. The molecule has 0 bridgehead atoms. The largest absolute Gasteiger partial charge is 0.297 e. The van der Waals surface area contributed by atoms with Crippen molar-refractivity contribution in [2.75, 3.05) is 0 Å². The first-order valence-electron chi connectivity index (χ1n) is 6.71. The van der Waals surface area contributed by atoms with Crippen molar-refractivity contribution in [3.05, 3.63) is 42.0 Å². The minimum Gasteiger partial charge on any atom is -0.262 e. The van der Waals surface area contributed by atoms with Gasteiger partial charge in [0.2, 0.25) is 0 Å². The summed E-state index contributed by atoms with van der Waals surface area (Å²) in [6.07, 6.45) is 6.28. The second-order valence-corrected chi connectivity index (χ2v) is 7.57. The molecule has 4 atom stereocenters. The van der Waals surface area contributed by atoms with Crippen molar-refractivity contribution in [3.63, 3.8) is 0 Å². The summed E-state index contributed by atoms with van der Waals surface area (Å²) in [5.74, 6) is 1.11. The SMILES string of the molecule is Cc1ccc(S(=O)(=O)O[C@@H]2C[C@@H]3C=C[C@H]4C[C@@]342)cc1. The predicted molar refractivity (Wildman–Crippen MR) is 71.0 cm³/mol. The van der Waals surface area contributed by atoms with Gasteiger partial charge in [-0.1, -0.05) is 29.8 Å². The monoisotopic (exact) mass is 276 g/mol. The molecule has 0 N–H and O–H groups in total.